The van der Waals surface area contributed by atoms with E-state index < -0.39 is 0 Å². The Labute approximate surface area is 152 Å². The van der Waals surface area contributed by atoms with E-state index in [-0.39, 0.29) is 11.5 Å². The highest BCUT2D eigenvalue weighted by molar-refractivity contribution is 5.82. The fraction of sp³-hybridized carbons (Fsp3) is 0.524. The highest BCUT2D eigenvalue weighted by Gasteiger charge is 2.42. The van der Waals surface area contributed by atoms with Crippen molar-refractivity contribution in [3.8, 4) is 5.75 Å². The van der Waals surface area contributed by atoms with Crippen molar-refractivity contribution in [3.63, 3.8) is 0 Å². The average Bonchev–Trinajstić information content (AvgIpc) is 3.52. The van der Waals surface area contributed by atoms with Gasteiger partial charge in [0.05, 0.1) is 7.11 Å². The number of carbonyl (C=O) groups excluding carboxylic acids is 1. The molecule has 2 saturated carbocycles. The molecule has 5 nitrogen and oxygen atoms in total. The van der Waals surface area contributed by atoms with Crippen LogP contribution in [0.15, 0.2) is 27.4 Å². The van der Waals surface area contributed by atoms with Crippen molar-refractivity contribution in [3.05, 3.63) is 39.7 Å². The minimum atomic E-state index is -0.364. The monoisotopic (exact) mass is 355 g/mol. The Morgan fingerprint density at radius 3 is 2.58 bits per heavy atom. The predicted molar refractivity (Wildman–Crippen MR) is 99.5 cm³/mol. The molecule has 0 atom stereocenters. The standard InChI is InChI=1S/C21H25NO4/c1-12-16-8-7-15(25-2)11-18(16)26-21(24)17(12)9-10-19(23)22-20(13-3-4-13)14-5-6-14/h7-8,11,13-14,20H,3-6,9-10H2,1-2H3,(H,22,23). The Balaban J connectivity index is 1.48. The molecule has 138 valence electrons. The number of carbonyl (C=O) groups is 1. The lowest BCUT2D eigenvalue weighted by Gasteiger charge is -2.17. The van der Waals surface area contributed by atoms with Gasteiger partial charge in [0, 0.05) is 29.5 Å². The van der Waals surface area contributed by atoms with Crippen LogP contribution in [-0.4, -0.2) is 19.1 Å². The summed E-state index contributed by atoms with van der Waals surface area (Å²) < 4.78 is 10.6. The molecule has 0 radical (unpaired) electrons. The molecule has 0 aliphatic heterocycles. The van der Waals surface area contributed by atoms with Gasteiger partial charge in [0.25, 0.3) is 0 Å². The Morgan fingerprint density at radius 2 is 1.96 bits per heavy atom. The molecule has 0 saturated heterocycles. The Morgan fingerprint density at radius 1 is 1.27 bits per heavy atom. The van der Waals surface area contributed by atoms with Crippen LogP contribution in [0.3, 0.4) is 0 Å². The van der Waals surface area contributed by atoms with Crippen molar-refractivity contribution < 1.29 is 13.9 Å². The highest BCUT2D eigenvalue weighted by atomic mass is 16.5. The van der Waals surface area contributed by atoms with Crippen molar-refractivity contribution >= 4 is 16.9 Å². The Kier molecular flexibility index (Phi) is 4.47. The van der Waals surface area contributed by atoms with Gasteiger partial charge in [-0.25, -0.2) is 4.79 Å². The maximum Gasteiger partial charge on any atom is 0.339 e. The summed E-state index contributed by atoms with van der Waals surface area (Å²) in [7, 11) is 1.58. The van der Waals surface area contributed by atoms with Gasteiger partial charge in [0.15, 0.2) is 0 Å². The molecular formula is C21H25NO4. The molecular weight excluding hydrogens is 330 g/mol. The number of rotatable bonds is 7. The Hall–Kier alpha value is -2.30. The number of amides is 1. The lowest BCUT2D eigenvalue weighted by molar-refractivity contribution is -0.122. The molecule has 1 aromatic heterocycles. The van der Waals surface area contributed by atoms with E-state index in [1.807, 2.05) is 19.1 Å². The van der Waals surface area contributed by atoms with E-state index >= 15 is 0 Å². The quantitative estimate of drug-likeness (QED) is 0.774. The lowest BCUT2D eigenvalue weighted by atomic mass is 10.0. The molecule has 0 bridgehead atoms. The summed E-state index contributed by atoms with van der Waals surface area (Å²) in [6.45, 7) is 1.91. The van der Waals surface area contributed by atoms with Crippen molar-refractivity contribution in [2.45, 2.75) is 51.5 Å². The number of hydrogen-bond donors (Lipinski definition) is 1. The molecule has 2 aromatic rings. The minimum Gasteiger partial charge on any atom is -0.497 e. The fourth-order valence-corrected chi connectivity index (χ4v) is 3.82. The van der Waals surface area contributed by atoms with Gasteiger partial charge in [-0.3, -0.25) is 4.79 Å². The molecule has 2 fully saturated rings. The number of hydrogen-bond acceptors (Lipinski definition) is 4. The largest absolute Gasteiger partial charge is 0.497 e. The van der Waals surface area contributed by atoms with Crippen molar-refractivity contribution in [1.82, 2.24) is 5.32 Å². The van der Waals surface area contributed by atoms with Gasteiger partial charge >= 0.3 is 5.63 Å². The second-order valence-electron chi connectivity index (χ2n) is 7.62. The normalized spacial score (nSPS) is 16.9. The fourth-order valence-electron chi connectivity index (χ4n) is 3.82. The maximum atomic E-state index is 12.4. The first-order valence-electron chi connectivity index (χ1n) is 9.46. The van der Waals surface area contributed by atoms with Crippen LogP contribution in [0.5, 0.6) is 5.75 Å². The van der Waals surface area contributed by atoms with Crippen LogP contribution in [0.4, 0.5) is 0 Å². The second kappa shape index (κ2) is 6.78. The molecule has 5 heteroatoms. The van der Waals surface area contributed by atoms with Gasteiger partial charge in [-0.15, -0.1) is 0 Å². The summed E-state index contributed by atoms with van der Waals surface area (Å²) in [5, 5.41) is 4.10. The van der Waals surface area contributed by atoms with Crippen LogP contribution in [0.2, 0.25) is 0 Å². The third-order valence-corrected chi connectivity index (χ3v) is 5.68. The Bertz CT molecular complexity index is 881. The molecule has 2 aliphatic carbocycles. The predicted octanol–water partition coefficient (Wildman–Crippen LogP) is 3.35. The topological polar surface area (TPSA) is 68.5 Å². The van der Waals surface area contributed by atoms with Crippen LogP contribution in [0.1, 0.15) is 43.2 Å². The van der Waals surface area contributed by atoms with E-state index in [2.05, 4.69) is 5.32 Å². The molecule has 1 heterocycles. The number of aryl methyl sites for hydroxylation is 1. The van der Waals surface area contributed by atoms with Gasteiger partial charge in [-0.2, -0.15) is 0 Å². The van der Waals surface area contributed by atoms with Gasteiger partial charge in [0.1, 0.15) is 11.3 Å². The summed E-state index contributed by atoms with van der Waals surface area (Å²) in [5.74, 6) is 2.05. The molecule has 4 rings (SSSR count). The molecule has 26 heavy (non-hydrogen) atoms. The van der Waals surface area contributed by atoms with E-state index in [9.17, 15) is 9.59 Å². The van der Waals surface area contributed by atoms with Gasteiger partial charge in [0.2, 0.25) is 5.91 Å². The summed E-state index contributed by atoms with van der Waals surface area (Å²) in [6, 6.07) is 5.81. The third kappa shape index (κ3) is 3.48. The summed E-state index contributed by atoms with van der Waals surface area (Å²) >= 11 is 0. The number of fused-ring (bicyclic) bond motifs is 1. The van der Waals surface area contributed by atoms with Gasteiger partial charge in [-0.05, 0) is 68.6 Å². The molecule has 1 amide bonds. The maximum absolute atomic E-state index is 12.4. The van der Waals surface area contributed by atoms with Crippen molar-refractivity contribution in [2.24, 2.45) is 11.8 Å². The van der Waals surface area contributed by atoms with E-state index in [1.54, 1.807) is 13.2 Å². The van der Waals surface area contributed by atoms with Gasteiger partial charge in [-0.1, -0.05) is 0 Å². The van der Waals surface area contributed by atoms with Crippen LogP contribution in [-0.2, 0) is 11.2 Å². The number of ether oxygens (including phenoxy) is 1. The first-order valence-corrected chi connectivity index (χ1v) is 9.46. The summed E-state index contributed by atoms with van der Waals surface area (Å²) in [4.78, 5) is 24.8. The first kappa shape index (κ1) is 17.1. The molecule has 0 spiro atoms. The molecule has 1 N–H and O–H groups in total. The van der Waals surface area contributed by atoms with E-state index in [0.29, 0.717) is 47.6 Å². The smallest absolute Gasteiger partial charge is 0.339 e. The molecule has 1 aromatic carbocycles. The van der Waals surface area contributed by atoms with E-state index in [0.717, 1.165) is 10.9 Å². The zero-order valence-electron chi connectivity index (χ0n) is 15.3. The zero-order valence-corrected chi connectivity index (χ0v) is 15.3. The molecule has 2 aliphatic rings. The van der Waals surface area contributed by atoms with E-state index in [1.165, 1.54) is 25.7 Å². The van der Waals surface area contributed by atoms with Crippen LogP contribution >= 0.6 is 0 Å². The average molecular weight is 355 g/mol. The van der Waals surface area contributed by atoms with Crippen molar-refractivity contribution in [2.75, 3.05) is 7.11 Å². The highest BCUT2D eigenvalue weighted by Crippen LogP contribution is 2.44. The number of benzene rings is 1. The molecule has 0 unspecified atom stereocenters. The summed E-state index contributed by atoms with van der Waals surface area (Å²) in [5.41, 5.74) is 1.62. The first-order chi connectivity index (χ1) is 12.6. The zero-order chi connectivity index (χ0) is 18.3. The van der Waals surface area contributed by atoms with Crippen LogP contribution < -0.4 is 15.7 Å². The van der Waals surface area contributed by atoms with Crippen LogP contribution in [0.25, 0.3) is 11.0 Å². The lowest BCUT2D eigenvalue weighted by Crippen LogP contribution is -2.38. The number of nitrogens with one attached hydrogen (secondary N) is 1. The third-order valence-electron chi connectivity index (χ3n) is 5.68. The second-order valence-corrected chi connectivity index (χ2v) is 7.62. The van der Waals surface area contributed by atoms with Crippen LogP contribution in [0, 0.1) is 18.8 Å². The van der Waals surface area contributed by atoms with Gasteiger partial charge < -0.3 is 14.5 Å². The SMILES string of the molecule is COc1ccc2c(C)c(CCC(=O)NC(C3CC3)C3CC3)c(=O)oc2c1. The minimum absolute atomic E-state index is 0.0439. The van der Waals surface area contributed by atoms with E-state index in [4.69, 9.17) is 9.15 Å². The summed E-state index contributed by atoms with van der Waals surface area (Å²) in [6.07, 6.45) is 5.67. The number of methoxy groups -OCH3 is 1. The van der Waals surface area contributed by atoms with Crippen molar-refractivity contribution in [1.29, 1.82) is 0 Å².